The minimum atomic E-state index is 0. The second kappa shape index (κ2) is 9.36. The first-order valence-corrected chi connectivity index (χ1v) is 9.36. The molecule has 25 heavy (non-hydrogen) atoms. The Morgan fingerprint density at radius 3 is 2.24 bits per heavy atom. The number of rotatable bonds is 3. The highest BCUT2D eigenvalue weighted by atomic mass is 35.5. The molecule has 2 N–H and O–H groups in total. The van der Waals surface area contributed by atoms with Crippen molar-refractivity contribution in [2.75, 3.05) is 31.1 Å². The van der Waals surface area contributed by atoms with Gasteiger partial charge >= 0.3 is 0 Å². The molecule has 1 aliphatic heterocycles. The van der Waals surface area contributed by atoms with Crippen LogP contribution in [-0.2, 0) is 0 Å². The first-order chi connectivity index (χ1) is 11.3. The molecule has 0 atom stereocenters. The molecular weight excluding hydrogens is 357 g/mol. The van der Waals surface area contributed by atoms with Crippen molar-refractivity contribution in [2.24, 2.45) is 5.73 Å². The highest BCUT2D eigenvalue weighted by molar-refractivity contribution is 5.85. The van der Waals surface area contributed by atoms with Gasteiger partial charge < -0.3 is 10.6 Å². The highest BCUT2D eigenvalue weighted by Gasteiger charge is 2.30. The first kappa shape index (κ1) is 20.7. The minimum Gasteiger partial charge on any atom is -0.354 e. The van der Waals surface area contributed by atoms with Crippen LogP contribution in [-0.4, -0.2) is 53.1 Å². The van der Waals surface area contributed by atoms with Crippen molar-refractivity contribution in [1.82, 2.24) is 14.9 Å². The van der Waals surface area contributed by atoms with E-state index in [2.05, 4.69) is 25.8 Å². The van der Waals surface area contributed by atoms with Crippen LogP contribution in [0.25, 0.3) is 0 Å². The molecule has 1 saturated heterocycles. The molecule has 0 bridgehead atoms. The zero-order valence-electron chi connectivity index (χ0n) is 14.8. The SMILES string of the molecule is Cl.Cl.NC1CC(c2cc(N3CCN(C4CCCCC4)CC3)ncn2)C1. The fraction of sp³-hybridized carbons (Fsp3) is 0.778. The maximum absolute atomic E-state index is 5.91. The Morgan fingerprint density at radius 2 is 1.60 bits per heavy atom. The number of nitrogens with two attached hydrogens (primary N) is 1. The summed E-state index contributed by atoms with van der Waals surface area (Å²) in [5, 5.41) is 0. The van der Waals surface area contributed by atoms with Gasteiger partial charge in [-0.3, -0.25) is 4.90 Å². The second-order valence-electron chi connectivity index (χ2n) is 7.54. The molecule has 2 saturated carbocycles. The number of aromatic nitrogens is 2. The molecule has 0 unspecified atom stereocenters. The van der Waals surface area contributed by atoms with Crippen LogP contribution in [0.5, 0.6) is 0 Å². The molecule has 2 heterocycles. The van der Waals surface area contributed by atoms with Crippen molar-refractivity contribution < 1.29 is 0 Å². The van der Waals surface area contributed by atoms with E-state index in [1.807, 2.05) is 0 Å². The van der Waals surface area contributed by atoms with Crippen LogP contribution < -0.4 is 10.6 Å². The first-order valence-electron chi connectivity index (χ1n) is 9.36. The summed E-state index contributed by atoms with van der Waals surface area (Å²) in [6.07, 6.45) is 11.0. The largest absolute Gasteiger partial charge is 0.354 e. The second-order valence-corrected chi connectivity index (χ2v) is 7.54. The molecule has 3 fully saturated rings. The van der Waals surface area contributed by atoms with Gasteiger partial charge in [-0.1, -0.05) is 19.3 Å². The lowest BCUT2D eigenvalue weighted by Crippen LogP contribution is -2.51. The normalized spacial score (nSPS) is 27.8. The molecule has 3 aliphatic rings. The van der Waals surface area contributed by atoms with Gasteiger partial charge in [-0.25, -0.2) is 9.97 Å². The van der Waals surface area contributed by atoms with Crippen LogP contribution in [0.3, 0.4) is 0 Å². The summed E-state index contributed by atoms with van der Waals surface area (Å²) in [6, 6.07) is 3.41. The number of hydrogen-bond donors (Lipinski definition) is 1. The molecule has 142 valence electrons. The van der Waals surface area contributed by atoms with Gasteiger partial charge in [0, 0.05) is 55.9 Å². The van der Waals surface area contributed by atoms with E-state index in [0.29, 0.717) is 12.0 Å². The Kier molecular flexibility index (Phi) is 7.74. The Balaban J connectivity index is 0.00000113. The van der Waals surface area contributed by atoms with E-state index in [9.17, 15) is 0 Å². The summed E-state index contributed by atoms with van der Waals surface area (Å²) in [5.74, 6) is 1.66. The number of hydrogen-bond acceptors (Lipinski definition) is 5. The Bertz CT molecular complexity index is 524. The van der Waals surface area contributed by atoms with E-state index in [0.717, 1.165) is 37.8 Å². The maximum Gasteiger partial charge on any atom is 0.132 e. The van der Waals surface area contributed by atoms with Crippen molar-refractivity contribution >= 4 is 30.6 Å². The predicted octanol–water partition coefficient (Wildman–Crippen LogP) is 2.98. The van der Waals surface area contributed by atoms with Crippen LogP contribution in [0.2, 0.25) is 0 Å². The molecule has 2 aliphatic carbocycles. The number of piperazine rings is 1. The van der Waals surface area contributed by atoms with Gasteiger partial charge in [-0.05, 0) is 25.7 Å². The topological polar surface area (TPSA) is 58.3 Å². The van der Waals surface area contributed by atoms with Crippen molar-refractivity contribution in [3.63, 3.8) is 0 Å². The Hall–Kier alpha value is -0.620. The van der Waals surface area contributed by atoms with E-state index in [4.69, 9.17) is 5.73 Å². The smallest absolute Gasteiger partial charge is 0.132 e. The zero-order valence-corrected chi connectivity index (χ0v) is 16.5. The highest BCUT2D eigenvalue weighted by Crippen LogP contribution is 2.35. The standard InChI is InChI=1S/C18H29N5.2ClH/c19-15-10-14(11-15)17-12-18(21-13-20-17)23-8-6-22(7-9-23)16-4-2-1-3-5-16;;/h12-16H,1-11,19H2;2*1H. The van der Waals surface area contributed by atoms with Gasteiger partial charge in [-0.2, -0.15) is 0 Å². The summed E-state index contributed by atoms with van der Waals surface area (Å²) in [6.45, 7) is 4.55. The lowest BCUT2D eigenvalue weighted by atomic mass is 9.78. The van der Waals surface area contributed by atoms with Gasteiger partial charge in [0.15, 0.2) is 0 Å². The van der Waals surface area contributed by atoms with Gasteiger partial charge in [0.1, 0.15) is 12.1 Å². The monoisotopic (exact) mass is 387 g/mol. The number of nitrogens with zero attached hydrogens (tertiary/aromatic N) is 4. The Labute approximate surface area is 163 Å². The average Bonchev–Trinajstić information content (AvgIpc) is 2.60. The molecule has 7 heteroatoms. The molecule has 0 aromatic carbocycles. The van der Waals surface area contributed by atoms with E-state index < -0.39 is 0 Å². The van der Waals surface area contributed by atoms with Crippen LogP contribution in [0.15, 0.2) is 12.4 Å². The molecule has 0 amide bonds. The van der Waals surface area contributed by atoms with Crippen LogP contribution in [0, 0.1) is 0 Å². The predicted molar refractivity (Wildman–Crippen MR) is 107 cm³/mol. The Morgan fingerprint density at radius 1 is 0.920 bits per heavy atom. The quantitative estimate of drug-likeness (QED) is 0.863. The third-order valence-corrected chi connectivity index (χ3v) is 6.00. The van der Waals surface area contributed by atoms with Crippen LogP contribution >= 0.6 is 24.8 Å². The molecule has 0 radical (unpaired) electrons. The molecule has 1 aromatic heterocycles. The minimum absolute atomic E-state index is 0. The lowest BCUT2D eigenvalue weighted by Gasteiger charge is -2.41. The summed E-state index contributed by atoms with van der Waals surface area (Å²) >= 11 is 0. The molecule has 1 aromatic rings. The fourth-order valence-corrected chi connectivity index (χ4v) is 4.42. The third-order valence-electron chi connectivity index (χ3n) is 6.00. The number of halogens is 2. The maximum atomic E-state index is 5.91. The van der Waals surface area contributed by atoms with Crippen molar-refractivity contribution in [2.45, 2.75) is 62.9 Å². The summed E-state index contributed by atoms with van der Waals surface area (Å²) in [7, 11) is 0. The molecule has 0 spiro atoms. The molecule has 4 rings (SSSR count). The van der Waals surface area contributed by atoms with Crippen LogP contribution in [0.4, 0.5) is 5.82 Å². The molecule has 5 nitrogen and oxygen atoms in total. The van der Waals surface area contributed by atoms with Crippen LogP contribution in [0.1, 0.15) is 56.6 Å². The van der Waals surface area contributed by atoms with Crippen molar-refractivity contribution in [3.8, 4) is 0 Å². The van der Waals surface area contributed by atoms with Crippen molar-refractivity contribution in [1.29, 1.82) is 0 Å². The van der Waals surface area contributed by atoms with Crippen molar-refractivity contribution in [3.05, 3.63) is 18.1 Å². The lowest BCUT2D eigenvalue weighted by molar-refractivity contribution is 0.147. The van der Waals surface area contributed by atoms with E-state index >= 15 is 0 Å². The van der Waals surface area contributed by atoms with Gasteiger partial charge in [-0.15, -0.1) is 24.8 Å². The zero-order chi connectivity index (χ0) is 15.6. The average molecular weight is 388 g/mol. The summed E-state index contributed by atoms with van der Waals surface area (Å²) in [4.78, 5) is 14.1. The van der Waals surface area contributed by atoms with Gasteiger partial charge in [0.2, 0.25) is 0 Å². The fourth-order valence-electron chi connectivity index (χ4n) is 4.42. The third kappa shape index (κ3) is 4.76. The van der Waals surface area contributed by atoms with E-state index in [1.54, 1.807) is 6.33 Å². The summed E-state index contributed by atoms with van der Waals surface area (Å²) in [5.41, 5.74) is 7.10. The van der Waals surface area contributed by atoms with E-state index in [-0.39, 0.29) is 24.8 Å². The van der Waals surface area contributed by atoms with Gasteiger partial charge in [0.25, 0.3) is 0 Å². The van der Waals surface area contributed by atoms with Gasteiger partial charge in [0.05, 0.1) is 0 Å². The number of anilines is 1. The molecular formula is C18H31Cl2N5. The summed E-state index contributed by atoms with van der Waals surface area (Å²) < 4.78 is 0. The van der Waals surface area contributed by atoms with E-state index in [1.165, 1.54) is 50.9 Å².